The lowest BCUT2D eigenvalue weighted by atomic mass is 10.2. The molecule has 1 heterocycles. The van der Waals surface area contributed by atoms with E-state index in [9.17, 15) is 4.39 Å². The molecule has 128 valence electrons. The van der Waals surface area contributed by atoms with Gasteiger partial charge in [-0.05, 0) is 48.1 Å². The van der Waals surface area contributed by atoms with Crippen molar-refractivity contribution in [3.05, 3.63) is 58.6 Å². The molecule has 0 radical (unpaired) electrons. The summed E-state index contributed by atoms with van der Waals surface area (Å²) in [5, 5.41) is 11.1. The molecule has 8 heteroatoms. The van der Waals surface area contributed by atoms with Crippen LogP contribution >= 0.6 is 12.2 Å². The average Bonchev–Trinajstić information content (AvgIpc) is 3.00. The van der Waals surface area contributed by atoms with Gasteiger partial charge in [-0.3, -0.25) is 0 Å². The van der Waals surface area contributed by atoms with Gasteiger partial charge in [-0.1, -0.05) is 12.1 Å². The number of nitrogens with one attached hydrogen (secondary N) is 1. The molecule has 3 rings (SSSR count). The van der Waals surface area contributed by atoms with Gasteiger partial charge in [-0.2, -0.15) is 14.9 Å². The zero-order valence-corrected chi connectivity index (χ0v) is 14.4. The number of halogens is 1. The summed E-state index contributed by atoms with van der Waals surface area (Å²) in [6, 6.07) is 11.5. The van der Waals surface area contributed by atoms with Crippen LogP contribution in [0.25, 0.3) is 11.4 Å². The summed E-state index contributed by atoms with van der Waals surface area (Å²) in [7, 11) is 3.13. The van der Waals surface area contributed by atoms with Crippen LogP contribution in [0.3, 0.4) is 0 Å². The molecule has 3 aromatic rings. The second-order valence-corrected chi connectivity index (χ2v) is 5.42. The predicted molar refractivity (Wildman–Crippen MR) is 95.3 cm³/mol. The minimum Gasteiger partial charge on any atom is -0.493 e. The van der Waals surface area contributed by atoms with Crippen molar-refractivity contribution in [3.8, 4) is 22.9 Å². The van der Waals surface area contributed by atoms with Gasteiger partial charge in [0.25, 0.3) is 0 Å². The van der Waals surface area contributed by atoms with E-state index >= 15 is 0 Å². The maximum Gasteiger partial charge on any atom is 0.216 e. The van der Waals surface area contributed by atoms with Crippen LogP contribution in [0, 0.1) is 10.6 Å². The number of aromatic nitrogens is 3. The first kappa shape index (κ1) is 16.8. The molecule has 6 nitrogen and oxygen atoms in total. The SMILES string of the molecule is COc1ccc(/C=N\n2c(-c3cccc(F)c3)n[nH]c2=S)cc1OC. The molecule has 0 spiro atoms. The summed E-state index contributed by atoms with van der Waals surface area (Å²) in [5.74, 6) is 1.27. The number of hydrogen-bond acceptors (Lipinski definition) is 5. The van der Waals surface area contributed by atoms with E-state index in [-0.39, 0.29) is 5.82 Å². The van der Waals surface area contributed by atoms with Crippen LogP contribution in [0.1, 0.15) is 5.56 Å². The fourth-order valence-corrected chi connectivity index (χ4v) is 2.45. The molecule has 1 aromatic heterocycles. The first-order valence-corrected chi connectivity index (χ1v) is 7.73. The van der Waals surface area contributed by atoms with Gasteiger partial charge in [0.2, 0.25) is 4.77 Å². The Morgan fingerprint density at radius 2 is 1.96 bits per heavy atom. The van der Waals surface area contributed by atoms with Crippen molar-refractivity contribution in [2.45, 2.75) is 0 Å². The van der Waals surface area contributed by atoms with E-state index in [4.69, 9.17) is 21.7 Å². The zero-order chi connectivity index (χ0) is 17.8. The number of aromatic amines is 1. The summed E-state index contributed by atoms with van der Waals surface area (Å²) in [5.41, 5.74) is 1.35. The quantitative estimate of drug-likeness (QED) is 0.559. The molecular formula is C17H15FN4O2S. The summed E-state index contributed by atoms with van der Waals surface area (Å²) >= 11 is 5.20. The third-order valence-electron chi connectivity index (χ3n) is 3.46. The van der Waals surface area contributed by atoms with Crippen LogP contribution < -0.4 is 9.47 Å². The molecule has 1 N–H and O–H groups in total. The molecule has 0 fully saturated rings. The van der Waals surface area contributed by atoms with Gasteiger partial charge in [0.15, 0.2) is 17.3 Å². The molecule has 0 aliphatic carbocycles. The second-order valence-electron chi connectivity index (χ2n) is 5.03. The third-order valence-corrected chi connectivity index (χ3v) is 3.73. The molecule has 0 saturated carbocycles. The van der Waals surface area contributed by atoms with Crippen LogP contribution in [-0.4, -0.2) is 35.3 Å². The number of H-pyrrole nitrogens is 1. The fourth-order valence-electron chi connectivity index (χ4n) is 2.27. The molecule has 0 aliphatic heterocycles. The molecule has 0 amide bonds. The van der Waals surface area contributed by atoms with Gasteiger partial charge in [0.1, 0.15) is 5.82 Å². The maximum atomic E-state index is 13.5. The van der Waals surface area contributed by atoms with Gasteiger partial charge in [-0.15, -0.1) is 0 Å². The number of ether oxygens (including phenoxy) is 2. The summed E-state index contributed by atoms with van der Waals surface area (Å²) in [4.78, 5) is 0. The third kappa shape index (κ3) is 3.58. The molecule has 0 atom stereocenters. The maximum absolute atomic E-state index is 13.5. The van der Waals surface area contributed by atoms with Crippen LogP contribution in [0.5, 0.6) is 11.5 Å². The monoisotopic (exact) mass is 358 g/mol. The highest BCUT2D eigenvalue weighted by Crippen LogP contribution is 2.27. The molecular weight excluding hydrogens is 343 g/mol. The number of nitrogens with zero attached hydrogens (tertiary/aromatic N) is 3. The van der Waals surface area contributed by atoms with Gasteiger partial charge in [0.05, 0.1) is 20.4 Å². The summed E-state index contributed by atoms with van der Waals surface area (Å²) in [6.07, 6.45) is 1.61. The standard InChI is InChI=1S/C17H15FN4O2S/c1-23-14-7-6-11(8-15(14)24-2)10-19-22-16(20-21-17(22)25)12-4-3-5-13(18)9-12/h3-10H,1-2H3,(H,21,25)/b19-10-. The Balaban J connectivity index is 1.97. The molecule has 2 aromatic carbocycles. The van der Waals surface area contributed by atoms with Gasteiger partial charge < -0.3 is 9.47 Å². The second kappa shape index (κ2) is 7.27. The van der Waals surface area contributed by atoms with Crippen molar-refractivity contribution in [1.29, 1.82) is 0 Å². The van der Waals surface area contributed by atoms with Crippen molar-refractivity contribution in [3.63, 3.8) is 0 Å². The number of rotatable bonds is 5. The molecule has 0 saturated heterocycles. The average molecular weight is 358 g/mol. The fraction of sp³-hybridized carbons (Fsp3) is 0.118. The lowest BCUT2D eigenvalue weighted by molar-refractivity contribution is 0.355. The number of methoxy groups -OCH3 is 2. The minimum atomic E-state index is -0.359. The van der Waals surface area contributed by atoms with Gasteiger partial charge in [-0.25, -0.2) is 9.49 Å². The summed E-state index contributed by atoms with van der Waals surface area (Å²) < 4.78 is 25.7. The Morgan fingerprint density at radius 3 is 2.68 bits per heavy atom. The van der Waals surface area contributed by atoms with Gasteiger partial charge >= 0.3 is 0 Å². The van der Waals surface area contributed by atoms with Crippen molar-refractivity contribution in [1.82, 2.24) is 14.9 Å². The Bertz CT molecular complexity index is 981. The molecule has 0 unspecified atom stereocenters. The summed E-state index contributed by atoms with van der Waals surface area (Å²) in [6.45, 7) is 0. The topological polar surface area (TPSA) is 64.4 Å². The molecule has 0 aliphatic rings. The molecule has 25 heavy (non-hydrogen) atoms. The van der Waals surface area contributed by atoms with E-state index < -0.39 is 0 Å². The Kier molecular flexibility index (Phi) is 4.90. The van der Waals surface area contributed by atoms with E-state index in [2.05, 4.69) is 15.3 Å². The predicted octanol–water partition coefficient (Wildman–Crippen LogP) is 3.65. The Labute approximate surface area is 148 Å². The number of hydrogen-bond donors (Lipinski definition) is 1. The highest BCUT2D eigenvalue weighted by molar-refractivity contribution is 7.71. The van der Waals surface area contributed by atoms with E-state index in [1.54, 1.807) is 44.7 Å². The number of benzene rings is 2. The van der Waals surface area contributed by atoms with E-state index in [1.165, 1.54) is 16.8 Å². The Hall–Kier alpha value is -3.00. The largest absolute Gasteiger partial charge is 0.493 e. The van der Waals surface area contributed by atoms with Crippen molar-refractivity contribution < 1.29 is 13.9 Å². The van der Waals surface area contributed by atoms with E-state index in [0.717, 1.165) is 5.56 Å². The lowest BCUT2D eigenvalue weighted by Gasteiger charge is -2.07. The lowest BCUT2D eigenvalue weighted by Crippen LogP contribution is -1.96. The van der Waals surface area contributed by atoms with Crippen molar-refractivity contribution in [2.24, 2.45) is 5.10 Å². The van der Waals surface area contributed by atoms with Crippen molar-refractivity contribution >= 4 is 18.4 Å². The Morgan fingerprint density at radius 1 is 1.16 bits per heavy atom. The zero-order valence-electron chi connectivity index (χ0n) is 13.6. The normalized spacial score (nSPS) is 11.0. The smallest absolute Gasteiger partial charge is 0.216 e. The van der Waals surface area contributed by atoms with Gasteiger partial charge in [0, 0.05) is 5.56 Å². The van der Waals surface area contributed by atoms with Crippen LogP contribution in [0.2, 0.25) is 0 Å². The highest BCUT2D eigenvalue weighted by atomic mass is 32.1. The van der Waals surface area contributed by atoms with Crippen LogP contribution in [0.15, 0.2) is 47.6 Å². The van der Waals surface area contributed by atoms with E-state index in [0.29, 0.717) is 27.7 Å². The first-order valence-electron chi connectivity index (χ1n) is 7.32. The van der Waals surface area contributed by atoms with E-state index in [1.807, 2.05) is 6.07 Å². The minimum absolute atomic E-state index is 0.302. The first-order chi connectivity index (χ1) is 12.1. The van der Waals surface area contributed by atoms with Crippen molar-refractivity contribution in [2.75, 3.05) is 14.2 Å². The highest BCUT2D eigenvalue weighted by Gasteiger charge is 2.09. The molecule has 0 bridgehead atoms. The van der Waals surface area contributed by atoms with Crippen LogP contribution in [-0.2, 0) is 0 Å². The van der Waals surface area contributed by atoms with Crippen LogP contribution in [0.4, 0.5) is 4.39 Å².